The minimum absolute atomic E-state index is 0.151. The number of hydrogen-bond acceptors (Lipinski definition) is 4. The molecule has 0 spiro atoms. The Morgan fingerprint density at radius 1 is 1.25 bits per heavy atom. The van der Waals surface area contributed by atoms with E-state index in [9.17, 15) is 9.18 Å². The van der Waals surface area contributed by atoms with Crippen molar-refractivity contribution in [1.29, 1.82) is 0 Å². The molecule has 1 N–H and O–H groups in total. The quantitative estimate of drug-likeness (QED) is 0.654. The standard InChI is InChI=1S/C18H19FN2O3/c1-12-5-4-6-13(2)18(12)24-11-17(22)21-20-10-14-7-8-16(23-3)15(19)9-14/h4-10H,11H2,1-3H3,(H,21,22)/b20-10-. The van der Waals surface area contributed by atoms with Crippen LogP contribution in [0.5, 0.6) is 11.5 Å². The summed E-state index contributed by atoms with van der Waals surface area (Å²) in [5, 5.41) is 3.78. The van der Waals surface area contributed by atoms with Crippen molar-refractivity contribution < 1.29 is 18.7 Å². The van der Waals surface area contributed by atoms with E-state index >= 15 is 0 Å². The van der Waals surface area contributed by atoms with Gasteiger partial charge in [0.1, 0.15) is 5.75 Å². The minimum Gasteiger partial charge on any atom is -0.494 e. The Balaban J connectivity index is 1.88. The van der Waals surface area contributed by atoms with Crippen LogP contribution in [0.25, 0.3) is 0 Å². The van der Waals surface area contributed by atoms with E-state index in [1.165, 1.54) is 25.5 Å². The third-order valence-electron chi connectivity index (χ3n) is 3.34. The molecule has 0 saturated carbocycles. The van der Waals surface area contributed by atoms with E-state index in [1.54, 1.807) is 6.07 Å². The number of carbonyl (C=O) groups excluding carboxylic acids is 1. The first-order valence-corrected chi connectivity index (χ1v) is 7.35. The van der Waals surface area contributed by atoms with Gasteiger partial charge in [-0.15, -0.1) is 0 Å². The first-order valence-electron chi connectivity index (χ1n) is 7.35. The highest BCUT2D eigenvalue weighted by atomic mass is 19.1. The van der Waals surface area contributed by atoms with Crippen LogP contribution in [0.3, 0.4) is 0 Å². The monoisotopic (exact) mass is 330 g/mol. The Kier molecular flexibility index (Phi) is 5.89. The molecule has 2 aromatic carbocycles. The molecule has 0 bridgehead atoms. The van der Waals surface area contributed by atoms with Gasteiger partial charge in [0.2, 0.25) is 0 Å². The van der Waals surface area contributed by atoms with Gasteiger partial charge in [-0.2, -0.15) is 5.10 Å². The predicted molar refractivity (Wildman–Crippen MR) is 90.1 cm³/mol. The number of nitrogens with zero attached hydrogens (tertiary/aromatic N) is 1. The van der Waals surface area contributed by atoms with Crippen LogP contribution in [0.2, 0.25) is 0 Å². The molecule has 126 valence electrons. The molecule has 0 saturated heterocycles. The second-order valence-corrected chi connectivity index (χ2v) is 5.20. The molecular weight excluding hydrogens is 311 g/mol. The SMILES string of the molecule is COc1ccc(/C=N\NC(=O)COc2c(C)cccc2C)cc1F. The summed E-state index contributed by atoms with van der Waals surface area (Å²) in [4.78, 5) is 11.8. The molecule has 1 amide bonds. The number of para-hydroxylation sites is 1. The van der Waals surface area contributed by atoms with Crippen LogP contribution >= 0.6 is 0 Å². The zero-order valence-electron chi connectivity index (χ0n) is 13.8. The summed E-state index contributed by atoms with van der Waals surface area (Å²) >= 11 is 0. The summed E-state index contributed by atoms with van der Waals surface area (Å²) in [6.07, 6.45) is 1.35. The van der Waals surface area contributed by atoms with Crippen molar-refractivity contribution in [3.05, 3.63) is 58.9 Å². The molecular formula is C18H19FN2O3. The van der Waals surface area contributed by atoms with Gasteiger partial charge in [-0.05, 0) is 48.7 Å². The van der Waals surface area contributed by atoms with Crippen LogP contribution in [0.15, 0.2) is 41.5 Å². The van der Waals surface area contributed by atoms with E-state index in [1.807, 2.05) is 32.0 Å². The third-order valence-corrected chi connectivity index (χ3v) is 3.34. The number of aryl methyl sites for hydroxylation is 2. The molecule has 0 aliphatic carbocycles. The van der Waals surface area contributed by atoms with Gasteiger partial charge in [0.15, 0.2) is 18.2 Å². The van der Waals surface area contributed by atoms with Crippen molar-refractivity contribution >= 4 is 12.1 Å². The molecule has 0 heterocycles. The van der Waals surface area contributed by atoms with E-state index in [2.05, 4.69) is 10.5 Å². The zero-order valence-corrected chi connectivity index (χ0v) is 13.8. The van der Waals surface area contributed by atoms with E-state index in [0.29, 0.717) is 11.3 Å². The van der Waals surface area contributed by atoms with Gasteiger partial charge in [0.05, 0.1) is 13.3 Å². The van der Waals surface area contributed by atoms with Gasteiger partial charge in [-0.25, -0.2) is 9.82 Å². The van der Waals surface area contributed by atoms with Crippen molar-refractivity contribution in [2.75, 3.05) is 13.7 Å². The van der Waals surface area contributed by atoms with E-state index in [4.69, 9.17) is 9.47 Å². The minimum atomic E-state index is -0.494. The summed E-state index contributed by atoms with van der Waals surface area (Å²) in [6.45, 7) is 3.67. The molecule has 0 aliphatic heterocycles. The van der Waals surface area contributed by atoms with Crippen LogP contribution in [-0.2, 0) is 4.79 Å². The molecule has 2 aromatic rings. The number of nitrogens with one attached hydrogen (secondary N) is 1. The van der Waals surface area contributed by atoms with E-state index < -0.39 is 11.7 Å². The Morgan fingerprint density at radius 2 is 1.96 bits per heavy atom. The van der Waals surface area contributed by atoms with Gasteiger partial charge in [-0.1, -0.05) is 18.2 Å². The highest BCUT2D eigenvalue weighted by molar-refractivity contribution is 5.83. The number of hydrogen-bond donors (Lipinski definition) is 1. The second-order valence-electron chi connectivity index (χ2n) is 5.20. The fourth-order valence-electron chi connectivity index (χ4n) is 2.14. The molecule has 0 aromatic heterocycles. The van der Waals surface area contributed by atoms with Crippen LogP contribution in [0.1, 0.15) is 16.7 Å². The van der Waals surface area contributed by atoms with Gasteiger partial charge in [0, 0.05) is 0 Å². The summed E-state index contributed by atoms with van der Waals surface area (Å²) in [6, 6.07) is 10.1. The smallest absolute Gasteiger partial charge is 0.277 e. The molecule has 0 aliphatic rings. The molecule has 0 unspecified atom stereocenters. The van der Waals surface area contributed by atoms with Gasteiger partial charge in [0.25, 0.3) is 5.91 Å². The number of benzene rings is 2. The first kappa shape index (κ1) is 17.5. The van der Waals surface area contributed by atoms with Gasteiger partial charge >= 0.3 is 0 Å². The molecule has 6 heteroatoms. The fourth-order valence-corrected chi connectivity index (χ4v) is 2.14. The zero-order chi connectivity index (χ0) is 17.5. The average Bonchev–Trinajstić information content (AvgIpc) is 2.54. The van der Waals surface area contributed by atoms with Gasteiger partial charge in [-0.3, -0.25) is 4.79 Å². The molecule has 2 rings (SSSR count). The third kappa shape index (κ3) is 4.55. The largest absolute Gasteiger partial charge is 0.494 e. The second kappa shape index (κ2) is 8.10. The number of ether oxygens (including phenoxy) is 2. The Bertz CT molecular complexity index is 740. The van der Waals surface area contributed by atoms with Crippen molar-refractivity contribution in [3.63, 3.8) is 0 Å². The van der Waals surface area contributed by atoms with Crippen LogP contribution < -0.4 is 14.9 Å². The Labute approximate surface area is 140 Å². The van der Waals surface area contributed by atoms with Crippen LogP contribution in [0, 0.1) is 19.7 Å². The van der Waals surface area contributed by atoms with Crippen molar-refractivity contribution in [2.45, 2.75) is 13.8 Å². The maximum absolute atomic E-state index is 13.5. The number of amides is 1. The number of carbonyl (C=O) groups is 1. The maximum atomic E-state index is 13.5. The number of methoxy groups -OCH3 is 1. The summed E-state index contributed by atoms with van der Waals surface area (Å²) in [7, 11) is 1.39. The molecule has 0 atom stereocenters. The highest BCUT2D eigenvalue weighted by Crippen LogP contribution is 2.22. The van der Waals surface area contributed by atoms with Crippen molar-refractivity contribution in [3.8, 4) is 11.5 Å². The Hall–Kier alpha value is -2.89. The predicted octanol–water partition coefficient (Wildman–Crippen LogP) is 2.98. The van der Waals surface area contributed by atoms with E-state index in [-0.39, 0.29) is 12.4 Å². The fraction of sp³-hybridized carbons (Fsp3) is 0.222. The first-order chi connectivity index (χ1) is 11.5. The van der Waals surface area contributed by atoms with Gasteiger partial charge < -0.3 is 9.47 Å². The molecule has 24 heavy (non-hydrogen) atoms. The molecule has 0 radical (unpaired) electrons. The lowest BCUT2D eigenvalue weighted by molar-refractivity contribution is -0.123. The number of rotatable bonds is 6. The Morgan fingerprint density at radius 3 is 2.58 bits per heavy atom. The lowest BCUT2D eigenvalue weighted by Gasteiger charge is -2.10. The lowest BCUT2D eigenvalue weighted by Crippen LogP contribution is -2.25. The van der Waals surface area contributed by atoms with Crippen LogP contribution in [-0.4, -0.2) is 25.8 Å². The molecule has 0 fully saturated rings. The van der Waals surface area contributed by atoms with E-state index in [0.717, 1.165) is 11.1 Å². The topological polar surface area (TPSA) is 59.9 Å². The normalized spacial score (nSPS) is 10.7. The number of hydrazone groups is 1. The van der Waals surface area contributed by atoms with Crippen molar-refractivity contribution in [2.24, 2.45) is 5.10 Å². The maximum Gasteiger partial charge on any atom is 0.277 e. The molecule has 5 nitrogen and oxygen atoms in total. The highest BCUT2D eigenvalue weighted by Gasteiger charge is 2.06. The van der Waals surface area contributed by atoms with Crippen LogP contribution in [0.4, 0.5) is 4.39 Å². The lowest BCUT2D eigenvalue weighted by atomic mass is 10.1. The van der Waals surface area contributed by atoms with Crippen molar-refractivity contribution in [1.82, 2.24) is 5.43 Å². The summed E-state index contributed by atoms with van der Waals surface area (Å²) in [5.74, 6) is -0.0546. The average molecular weight is 330 g/mol. The number of halogens is 1. The summed E-state index contributed by atoms with van der Waals surface area (Å²) in [5.41, 5.74) is 4.76. The summed E-state index contributed by atoms with van der Waals surface area (Å²) < 4.78 is 23.9.